The minimum absolute atomic E-state index is 0. The third-order valence-electron chi connectivity index (χ3n) is 2.73. The van der Waals surface area contributed by atoms with Crippen LogP contribution in [0.3, 0.4) is 0 Å². The molecule has 0 unspecified atom stereocenters. The third-order valence-corrected chi connectivity index (χ3v) is 2.73. The van der Waals surface area contributed by atoms with Crippen molar-refractivity contribution in [1.82, 2.24) is 9.97 Å². The highest BCUT2D eigenvalue weighted by Crippen LogP contribution is 2.24. The Morgan fingerprint density at radius 2 is 2.12 bits per heavy atom. The molecule has 1 aromatic heterocycles. The van der Waals surface area contributed by atoms with E-state index in [4.69, 9.17) is 10.5 Å². The molecule has 0 bridgehead atoms. The Hall–Kier alpha value is -0.710. The monoisotopic (exact) mass is 243 g/mol. The van der Waals surface area contributed by atoms with Gasteiger partial charge in [0.2, 0.25) is 0 Å². The minimum atomic E-state index is 0. The van der Waals surface area contributed by atoms with E-state index in [1.54, 1.807) is 0 Å². The molecular weight excluding hydrogens is 226 g/mol. The quantitative estimate of drug-likeness (QED) is 0.869. The van der Waals surface area contributed by atoms with Gasteiger partial charge in [-0.3, -0.25) is 0 Å². The second-order valence-corrected chi connectivity index (χ2v) is 3.82. The summed E-state index contributed by atoms with van der Waals surface area (Å²) in [4.78, 5) is 8.74. The standard InChI is InChI=1S/C11H17N3O.ClH/c12-5-1-11-13-6-2-10(14-11)9-3-7-15-8-4-9;/h2,6,9H,1,3-5,7-8,12H2;1H. The van der Waals surface area contributed by atoms with Crippen LogP contribution in [0.25, 0.3) is 0 Å². The summed E-state index contributed by atoms with van der Waals surface area (Å²) in [5.74, 6) is 1.40. The zero-order chi connectivity index (χ0) is 10.5. The molecule has 0 atom stereocenters. The maximum Gasteiger partial charge on any atom is 0.129 e. The van der Waals surface area contributed by atoms with Gasteiger partial charge in [0.25, 0.3) is 0 Å². The van der Waals surface area contributed by atoms with E-state index in [0.29, 0.717) is 12.5 Å². The van der Waals surface area contributed by atoms with Crippen LogP contribution >= 0.6 is 12.4 Å². The topological polar surface area (TPSA) is 61.0 Å². The lowest BCUT2D eigenvalue weighted by Crippen LogP contribution is -2.16. The number of nitrogens with two attached hydrogens (primary N) is 1. The summed E-state index contributed by atoms with van der Waals surface area (Å²) in [6.07, 6.45) is 4.73. The summed E-state index contributed by atoms with van der Waals surface area (Å²) in [7, 11) is 0. The smallest absolute Gasteiger partial charge is 0.129 e. The van der Waals surface area contributed by atoms with Gasteiger partial charge in [-0.1, -0.05) is 0 Å². The molecule has 1 fully saturated rings. The van der Waals surface area contributed by atoms with Crippen LogP contribution in [0.2, 0.25) is 0 Å². The largest absolute Gasteiger partial charge is 0.381 e. The fourth-order valence-corrected chi connectivity index (χ4v) is 1.89. The van der Waals surface area contributed by atoms with E-state index < -0.39 is 0 Å². The van der Waals surface area contributed by atoms with E-state index in [-0.39, 0.29) is 12.4 Å². The molecule has 0 aromatic carbocycles. The van der Waals surface area contributed by atoms with Gasteiger partial charge in [-0.05, 0) is 25.5 Å². The van der Waals surface area contributed by atoms with E-state index in [0.717, 1.165) is 44.0 Å². The van der Waals surface area contributed by atoms with Crippen molar-refractivity contribution in [2.24, 2.45) is 5.73 Å². The molecule has 90 valence electrons. The maximum absolute atomic E-state index is 5.49. The molecule has 2 heterocycles. The first-order chi connectivity index (χ1) is 7.40. The normalized spacial score (nSPS) is 16.8. The minimum Gasteiger partial charge on any atom is -0.381 e. The number of ether oxygens (including phenoxy) is 1. The summed E-state index contributed by atoms with van der Waals surface area (Å²) in [5.41, 5.74) is 6.64. The molecule has 0 aliphatic carbocycles. The number of nitrogens with zero attached hydrogens (tertiary/aromatic N) is 2. The molecule has 1 aliphatic rings. The highest BCUT2D eigenvalue weighted by Gasteiger charge is 2.17. The first kappa shape index (κ1) is 13.4. The molecule has 0 radical (unpaired) electrons. The predicted molar refractivity (Wildman–Crippen MR) is 64.8 cm³/mol. The number of halogens is 1. The van der Waals surface area contributed by atoms with Crippen molar-refractivity contribution in [3.63, 3.8) is 0 Å². The summed E-state index contributed by atoms with van der Waals surface area (Å²) in [5, 5.41) is 0. The van der Waals surface area contributed by atoms with Crippen LogP contribution in [-0.4, -0.2) is 29.7 Å². The van der Waals surface area contributed by atoms with Crippen molar-refractivity contribution in [3.05, 3.63) is 23.8 Å². The SMILES string of the molecule is Cl.NCCc1nccc(C2CCOCC2)n1. The summed E-state index contributed by atoms with van der Waals surface area (Å²) < 4.78 is 5.34. The van der Waals surface area contributed by atoms with Crippen LogP contribution in [0, 0.1) is 0 Å². The molecule has 1 aliphatic heterocycles. The highest BCUT2D eigenvalue weighted by molar-refractivity contribution is 5.85. The van der Waals surface area contributed by atoms with Gasteiger partial charge in [-0.15, -0.1) is 12.4 Å². The fourth-order valence-electron chi connectivity index (χ4n) is 1.89. The Labute approximate surface area is 102 Å². The zero-order valence-electron chi connectivity index (χ0n) is 9.26. The van der Waals surface area contributed by atoms with Gasteiger partial charge < -0.3 is 10.5 Å². The second kappa shape index (κ2) is 6.78. The molecule has 4 nitrogen and oxygen atoms in total. The Morgan fingerprint density at radius 3 is 2.81 bits per heavy atom. The van der Waals surface area contributed by atoms with Crippen LogP contribution in [-0.2, 0) is 11.2 Å². The number of hydrogen-bond donors (Lipinski definition) is 1. The van der Waals surface area contributed by atoms with Crippen LogP contribution in [0.1, 0.15) is 30.3 Å². The Morgan fingerprint density at radius 1 is 1.38 bits per heavy atom. The molecule has 0 saturated carbocycles. The maximum atomic E-state index is 5.49. The van der Waals surface area contributed by atoms with E-state index in [1.165, 1.54) is 0 Å². The predicted octanol–water partition coefficient (Wildman–Crippen LogP) is 1.29. The van der Waals surface area contributed by atoms with E-state index in [1.807, 2.05) is 12.3 Å². The second-order valence-electron chi connectivity index (χ2n) is 3.82. The molecule has 1 saturated heterocycles. The third kappa shape index (κ3) is 3.40. The number of rotatable bonds is 3. The first-order valence-electron chi connectivity index (χ1n) is 5.50. The Bertz CT molecular complexity index is 316. The van der Waals surface area contributed by atoms with Crippen molar-refractivity contribution in [3.8, 4) is 0 Å². The van der Waals surface area contributed by atoms with Crippen LogP contribution < -0.4 is 5.73 Å². The Balaban J connectivity index is 0.00000128. The van der Waals surface area contributed by atoms with Crippen molar-refractivity contribution in [2.45, 2.75) is 25.2 Å². The Kier molecular flexibility index (Phi) is 5.66. The molecule has 1 aromatic rings. The number of aromatic nitrogens is 2. The van der Waals surface area contributed by atoms with Gasteiger partial charge in [-0.2, -0.15) is 0 Å². The van der Waals surface area contributed by atoms with Crippen molar-refractivity contribution in [2.75, 3.05) is 19.8 Å². The average Bonchev–Trinajstić information content (AvgIpc) is 2.31. The van der Waals surface area contributed by atoms with Gasteiger partial charge in [0.15, 0.2) is 0 Å². The molecule has 2 N–H and O–H groups in total. The molecule has 5 heteroatoms. The summed E-state index contributed by atoms with van der Waals surface area (Å²) in [6.45, 7) is 2.30. The summed E-state index contributed by atoms with van der Waals surface area (Å²) in [6, 6.07) is 2.01. The van der Waals surface area contributed by atoms with E-state index in [2.05, 4.69) is 9.97 Å². The zero-order valence-corrected chi connectivity index (χ0v) is 10.1. The highest BCUT2D eigenvalue weighted by atomic mass is 35.5. The lowest BCUT2D eigenvalue weighted by atomic mass is 9.96. The van der Waals surface area contributed by atoms with E-state index >= 15 is 0 Å². The molecule has 0 amide bonds. The van der Waals surface area contributed by atoms with Crippen LogP contribution in [0.15, 0.2) is 12.3 Å². The van der Waals surface area contributed by atoms with Gasteiger partial charge in [0.05, 0.1) is 0 Å². The van der Waals surface area contributed by atoms with Gasteiger partial charge in [-0.25, -0.2) is 9.97 Å². The molecule has 16 heavy (non-hydrogen) atoms. The molecule has 2 rings (SSSR count). The van der Waals surface area contributed by atoms with Crippen LogP contribution in [0.5, 0.6) is 0 Å². The molecule has 0 spiro atoms. The van der Waals surface area contributed by atoms with Gasteiger partial charge in [0.1, 0.15) is 5.82 Å². The lowest BCUT2D eigenvalue weighted by molar-refractivity contribution is 0.0844. The van der Waals surface area contributed by atoms with Crippen molar-refractivity contribution >= 4 is 12.4 Å². The van der Waals surface area contributed by atoms with Gasteiger partial charge >= 0.3 is 0 Å². The van der Waals surface area contributed by atoms with Crippen molar-refractivity contribution < 1.29 is 4.74 Å². The van der Waals surface area contributed by atoms with Crippen LogP contribution in [0.4, 0.5) is 0 Å². The van der Waals surface area contributed by atoms with Crippen molar-refractivity contribution in [1.29, 1.82) is 0 Å². The van der Waals surface area contributed by atoms with Gasteiger partial charge in [0, 0.05) is 37.4 Å². The lowest BCUT2D eigenvalue weighted by Gasteiger charge is -2.21. The number of hydrogen-bond acceptors (Lipinski definition) is 4. The molecular formula is C11H18ClN3O. The summed E-state index contributed by atoms with van der Waals surface area (Å²) >= 11 is 0. The first-order valence-corrected chi connectivity index (χ1v) is 5.50. The average molecular weight is 244 g/mol. The van der Waals surface area contributed by atoms with E-state index in [9.17, 15) is 0 Å². The fraction of sp³-hybridized carbons (Fsp3) is 0.636.